The average Bonchev–Trinajstić information content (AvgIpc) is 2.88. The van der Waals surface area contributed by atoms with Gasteiger partial charge in [0.15, 0.2) is 5.78 Å². The molecule has 2 rings (SSSR count). The first-order valence-corrected chi connectivity index (χ1v) is 6.78. The molecule has 0 spiro atoms. The second-order valence-corrected chi connectivity index (χ2v) is 5.10. The topological polar surface area (TPSA) is 58.2 Å². The fraction of sp³-hybridized carbons (Fsp3) is 0.0769. The summed E-state index contributed by atoms with van der Waals surface area (Å²) in [5.41, 5.74) is 0.476. The summed E-state index contributed by atoms with van der Waals surface area (Å²) in [7, 11) is 0. The maximum absolute atomic E-state index is 11.8. The molecule has 0 atom stereocenters. The van der Waals surface area contributed by atoms with E-state index in [1.54, 1.807) is 30.3 Å². The van der Waals surface area contributed by atoms with Gasteiger partial charge in [-0.15, -0.1) is 11.3 Å². The quantitative estimate of drug-likeness (QED) is 0.849. The Labute approximate surface area is 119 Å². The molecule has 2 amide bonds. The predicted molar refractivity (Wildman–Crippen MR) is 77.1 cm³/mol. The van der Waals surface area contributed by atoms with Gasteiger partial charge in [-0.1, -0.05) is 23.7 Å². The van der Waals surface area contributed by atoms with Crippen molar-refractivity contribution in [3.63, 3.8) is 0 Å². The summed E-state index contributed by atoms with van der Waals surface area (Å²) in [4.78, 5) is 23.3. The molecule has 0 aliphatic heterocycles. The lowest BCUT2D eigenvalue weighted by atomic mass is 10.1. The van der Waals surface area contributed by atoms with E-state index < -0.39 is 6.03 Å². The summed E-state index contributed by atoms with van der Waals surface area (Å²) in [5, 5.41) is 8.21. The van der Waals surface area contributed by atoms with Crippen LogP contribution < -0.4 is 10.6 Å². The number of anilines is 1. The zero-order chi connectivity index (χ0) is 13.7. The van der Waals surface area contributed by atoms with Crippen LogP contribution in [-0.2, 0) is 0 Å². The van der Waals surface area contributed by atoms with E-state index in [1.807, 2.05) is 11.4 Å². The highest BCUT2D eigenvalue weighted by Crippen LogP contribution is 2.14. The SMILES string of the molecule is O=C(NCC(=O)c1cccc(Cl)c1)Nc1cccs1. The minimum atomic E-state index is -0.405. The van der Waals surface area contributed by atoms with E-state index in [1.165, 1.54) is 11.3 Å². The van der Waals surface area contributed by atoms with Gasteiger partial charge in [0.2, 0.25) is 0 Å². The third-order valence-electron chi connectivity index (χ3n) is 2.31. The van der Waals surface area contributed by atoms with Crippen molar-refractivity contribution < 1.29 is 9.59 Å². The zero-order valence-corrected chi connectivity index (χ0v) is 11.4. The molecule has 4 nitrogen and oxygen atoms in total. The van der Waals surface area contributed by atoms with E-state index in [4.69, 9.17) is 11.6 Å². The third-order valence-corrected chi connectivity index (χ3v) is 3.33. The van der Waals surface area contributed by atoms with Crippen molar-refractivity contribution in [2.45, 2.75) is 0 Å². The van der Waals surface area contributed by atoms with Gasteiger partial charge in [-0.3, -0.25) is 10.1 Å². The second kappa shape index (κ2) is 6.36. The van der Waals surface area contributed by atoms with Crippen molar-refractivity contribution in [2.75, 3.05) is 11.9 Å². The summed E-state index contributed by atoms with van der Waals surface area (Å²) in [6.07, 6.45) is 0. The normalized spacial score (nSPS) is 9.95. The predicted octanol–water partition coefficient (Wildman–Crippen LogP) is 3.41. The lowest BCUT2D eigenvalue weighted by molar-refractivity contribution is 0.0993. The largest absolute Gasteiger partial charge is 0.330 e. The Hall–Kier alpha value is -1.85. The molecule has 2 N–H and O–H groups in total. The van der Waals surface area contributed by atoms with Crippen molar-refractivity contribution in [1.82, 2.24) is 5.32 Å². The van der Waals surface area contributed by atoms with Crippen LogP contribution in [0, 0.1) is 0 Å². The van der Waals surface area contributed by atoms with E-state index in [-0.39, 0.29) is 12.3 Å². The van der Waals surface area contributed by atoms with Crippen molar-refractivity contribution in [2.24, 2.45) is 0 Å². The number of Topliss-reactive ketones (excluding diaryl/α,β-unsaturated/α-hetero) is 1. The monoisotopic (exact) mass is 294 g/mol. The van der Waals surface area contributed by atoms with Crippen LogP contribution in [0.4, 0.5) is 9.80 Å². The number of hydrogen-bond acceptors (Lipinski definition) is 3. The number of hydrogen-bond donors (Lipinski definition) is 2. The highest BCUT2D eigenvalue weighted by molar-refractivity contribution is 7.14. The first kappa shape index (κ1) is 13.6. The number of nitrogens with one attached hydrogen (secondary N) is 2. The minimum absolute atomic E-state index is 0.0719. The van der Waals surface area contributed by atoms with Gasteiger partial charge >= 0.3 is 6.03 Å². The van der Waals surface area contributed by atoms with Gasteiger partial charge in [-0.2, -0.15) is 0 Å². The fourth-order valence-corrected chi connectivity index (χ4v) is 2.23. The lowest BCUT2D eigenvalue weighted by Crippen LogP contribution is -2.33. The molecular formula is C13H11ClN2O2S. The molecule has 1 heterocycles. The molecule has 0 aliphatic rings. The number of benzene rings is 1. The van der Waals surface area contributed by atoms with Crippen LogP contribution in [0.15, 0.2) is 41.8 Å². The summed E-state index contributed by atoms with van der Waals surface area (Å²) in [6.45, 7) is -0.0719. The number of thiophene rings is 1. The molecule has 6 heteroatoms. The number of halogens is 1. The summed E-state index contributed by atoms with van der Waals surface area (Å²) < 4.78 is 0. The molecule has 0 saturated carbocycles. The molecule has 98 valence electrons. The van der Waals surface area contributed by atoms with Crippen molar-refractivity contribution in [3.05, 3.63) is 52.4 Å². The number of amides is 2. The van der Waals surface area contributed by atoms with Gasteiger partial charge in [0.05, 0.1) is 11.5 Å². The molecule has 0 saturated heterocycles. The van der Waals surface area contributed by atoms with Crippen LogP contribution in [0.25, 0.3) is 0 Å². The smallest absolute Gasteiger partial charge is 0.320 e. The van der Waals surface area contributed by atoms with Crippen LogP contribution in [0.1, 0.15) is 10.4 Å². The third kappa shape index (κ3) is 4.08. The second-order valence-electron chi connectivity index (χ2n) is 3.72. The lowest BCUT2D eigenvalue weighted by Gasteiger charge is -2.05. The molecule has 19 heavy (non-hydrogen) atoms. The maximum atomic E-state index is 11.8. The Kier molecular flexibility index (Phi) is 4.54. The first-order valence-electron chi connectivity index (χ1n) is 5.52. The van der Waals surface area contributed by atoms with E-state index >= 15 is 0 Å². The standard InChI is InChI=1S/C13H11ClN2O2S/c14-10-4-1-3-9(7-10)11(17)8-15-13(18)16-12-5-2-6-19-12/h1-7H,8H2,(H2,15,16,18). The summed E-state index contributed by atoms with van der Waals surface area (Å²) in [5.74, 6) is -0.191. The van der Waals surface area contributed by atoms with Gasteiger partial charge in [0, 0.05) is 10.6 Å². The van der Waals surface area contributed by atoms with Crippen LogP contribution in [0.5, 0.6) is 0 Å². The van der Waals surface area contributed by atoms with Crippen molar-refractivity contribution >= 4 is 39.8 Å². The Morgan fingerprint density at radius 2 is 2.05 bits per heavy atom. The molecule has 1 aromatic carbocycles. The molecule has 0 radical (unpaired) electrons. The molecule has 0 aliphatic carbocycles. The van der Waals surface area contributed by atoms with E-state index in [2.05, 4.69) is 10.6 Å². The number of rotatable bonds is 4. The average molecular weight is 295 g/mol. The molecule has 0 fully saturated rings. The zero-order valence-electron chi connectivity index (χ0n) is 9.85. The van der Waals surface area contributed by atoms with E-state index in [9.17, 15) is 9.59 Å². The van der Waals surface area contributed by atoms with E-state index in [0.717, 1.165) is 5.00 Å². The van der Waals surface area contributed by atoms with Gasteiger partial charge in [-0.05, 0) is 29.6 Å². The first-order chi connectivity index (χ1) is 9.15. The van der Waals surface area contributed by atoms with Gasteiger partial charge in [0.25, 0.3) is 0 Å². The number of carbonyl (C=O) groups is 2. The van der Waals surface area contributed by atoms with Crippen LogP contribution in [0.3, 0.4) is 0 Å². The molecule has 0 unspecified atom stereocenters. The highest BCUT2D eigenvalue weighted by atomic mass is 35.5. The van der Waals surface area contributed by atoms with E-state index in [0.29, 0.717) is 10.6 Å². The van der Waals surface area contributed by atoms with Crippen LogP contribution in [0.2, 0.25) is 5.02 Å². The minimum Gasteiger partial charge on any atom is -0.330 e. The Bertz CT molecular complexity index is 584. The van der Waals surface area contributed by atoms with Crippen LogP contribution >= 0.6 is 22.9 Å². The molecule has 0 bridgehead atoms. The molecule has 2 aromatic rings. The van der Waals surface area contributed by atoms with Crippen molar-refractivity contribution in [1.29, 1.82) is 0 Å². The Morgan fingerprint density at radius 3 is 2.74 bits per heavy atom. The van der Waals surface area contributed by atoms with Crippen molar-refractivity contribution in [3.8, 4) is 0 Å². The number of carbonyl (C=O) groups excluding carboxylic acids is 2. The summed E-state index contributed by atoms with van der Waals surface area (Å²) >= 11 is 7.21. The Balaban J connectivity index is 1.85. The van der Waals surface area contributed by atoms with Gasteiger partial charge in [0.1, 0.15) is 0 Å². The van der Waals surface area contributed by atoms with Gasteiger partial charge in [-0.25, -0.2) is 4.79 Å². The van der Waals surface area contributed by atoms with Crippen LogP contribution in [-0.4, -0.2) is 18.4 Å². The maximum Gasteiger partial charge on any atom is 0.320 e. The number of ketones is 1. The molecular weight excluding hydrogens is 284 g/mol. The molecule has 1 aromatic heterocycles. The Morgan fingerprint density at radius 1 is 1.21 bits per heavy atom. The number of urea groups is 1. The fourth-order valence-electron chi connectivity index (χ4n) is 1.43. The highest BCUT2D eigenvalue weighted by Gasteiger charge is 2.08. The summed E-state index contributed by atoms with van der Waals surface area (Å²) in [6, 6.07) is 9.82. The van der Waals surface area contributed by atoms with Gasteiger partial charge < -0.3 is 5.32 Å².